The molecule has 2 atom stereocenters. The molecule has 0 aliphatic carbocycles. The summed E-state index contributed by atoms with van der Waals surface area (Å²) >= 11 is 0. The largest absolute Gasteiger partial charge is 0.467 e. The summed E-state index contributed by atoms with van der Waals surface area (Å²) in [6.45, 7) is 6.72. The van der Waals surface area contributed by atoms with Crippen molar-refractivity contribution in [1.29, 1.82) is 0 Å². The fourth-order valence-corrected chi connectivity index (χ4v) is 2.73. The topological polar surface area (TPSA) is 110 Å². The third-order valence-corrected chi connectivity index (χ3v) is 4.02. The van der Waals surface area contributed by atoms with Crippen molar-refractivity contribution < 1.29 is 23.9 Å². The quantitative estimate of drug-likeness (QED) is 0.657. The van der Waals surface area contributed by atoms with E-state index < -0.39 is 35.7 Å². The Hall–Kier alpha value is -3.03. The van der Waals surface area contributed by atoms with Crippen molar-refractivity contribution in [3.63, 3.8) is 0 Å². The Morgan fingerprint density at radius 2 is 1.82 bits per heavy atom. The molecule has 0 aliphatic heterocycles. The number of ether oxygens (including phenoxy) is 2. The van der Waals surface area contributed by atoms with Crippen LogP contribution in [0.5, 0.6) is 0 Å². The van der Waals surface area contributed by atoms with Crippen LogP contribution in [0.15, 0.2) is 30.5 Å². The summed E-state index contributed by atoms with van der Waals surface area (Å²) in [4.78, 5) is 39.7. The first-order chi connectivity index (χ1) is 13.1. The van der Waals surface area contributed by atoms with Gasteiger partial charge in [0.15, 0.2) is 0 Å². The van der Waals surface area contributed by atoms with Crippen molar-refractivity contribution in [2.75, 3.05) is 7.11 Å². The molecule has 2 rings (SSSR count). The second kappa shape index (κ2) is 8.77. The lowest BCUT2D eigenvalue weighted by molar-refractivity contribution is -0.144. The number of hydrogen-bond acceptors (Lipinski definition) is 5. The molecule has 8 heteroatoms. The zero-order valence-electron chi connectivity index (χ0n) is 16.8. The number of aromatic amines is 1. The monoisotopic (exact) mass is 389 g/mol. The van der Waals surface area contributed by atoms with E-state index in [2.05, 4.69) is 20.4 Å². The molecule has 0 radical (unpaired) electrons. The standard InChI is InChI=1S/C20H27N3O5/c1-12(18(25)27-5)22-17(24)16(23-19(26)28-20(2,3)4)10-13-11-21-15-9-7-6-8-14(13)15/h6-9,11-12,16,21H,10H2,1-5H3,(H,22,24)(H,23,26). The average Bonchev–Trinajstić information content (AvgIpc) is 3.01. The number of methoxy groups -OCH3 is 1. The predicted molar refractivity (Wildman–Crippen MR) is 105 cm³/mol. The molecule has 3 N–H and O–H groups in total. The van der Waals surface area contributed by atoms with Crippen LogP contribution in [0.3, 0.4) is 0 Å². The fourth-order valence-electron chi connectivity index (χ4n) is 2.73. The van der Waals surface area contributed by atoms with Crippen LogP contribution in [0.2, 0.25) is 0 Å². The Morgan fingerprint density at radius 3 is 2.46 bits per heavy atom. The van der Waals surface area contributed by atoms with Gasteiger partial charge in [-0.1, -0.05) is 18.2 Å². The van der Waals surface area contributed by atoms with Crippen molar-refractivity contribution in [3.05, 3.63) is 36.0 Å². The van der Waals surface area contributed by atoms with Gasteiger partial charge in [0.1, 0.15) is 17.7 Å². The first-order valence-corrected chi connectivity index (χ1v) is 9.03. The number of fused-ring (bicyclic) bond motifs is 1. The molecule has 2 aromatic rings. The number of rotatable bonds is 6. The second-order valence-corrected chi connectivity index (χ2v) is 7.52. The zero-order chi connectivity index (χ0) is 20.9. The highest BCUT2D eigenvalue weighted by Crippen LogP contribution is 2.19. The molecule has 1 heterocycles. The van der Waals surface area contributed by atoms with Gasteiger partial charge in [-0.3, -0.25) is 4.79 Å². The van der Waals surface area contributed by atoms with E-state index in [9.17, 15) is 14.4 Å². The van der Waals surface area contributed by atoms with Crippen LogP contribution in [0.25, 0.3) is 10.9 Å². The zero-order valence-corrected chi connectivity index (χ0v) is 16.8. The van der Waals surface area contributed by atoms with Crippen LogP contribution in [-0.4, -0.2) is 47.7 Å². The lowest BCUT2D eigenvalue weighted by Crippen LogP contribution is -2.52. The molecule has 0 spiro atoms. The van der Waals surface area contributed by atoms with Crippen molar-refractivity contribution in [3.8, 4) is 0 Å². The Balaban J connectivity index is 2.21. The molecular formula is C20H27N3O5. The van der Waals surface area contributed by atoms with Crippen LogP contribution in [-0.2, 0) is 25.5 Å². The van der Waals surface area contributed by atoms with Gasteiger partial charge in [0.25, 0.3) is 0 Å². The van der Waals surface area contributed by atoms with E-state index in [1.165, 1.54) is 14.0 Å². The summed E-state index contributed by atoms with van der Waals surface area (Å²) in [6, 6.07) is 5.89. The predicted octanol–water partition coefficient (Wildman–Crippen LogP) is 2.28. The molecule has 0 aliphatic rings. The molecule has 28 heavy (non-hydrogen) atoms. The molecule has 2 amide bonds. The number of nitrogens with one attached hydrogen (secondary N) is 3. The number of hydrogen-bond donors (Lipinski definition) is 3. The van der Waals surface area contributed by atoms with E-state index in [4.69, 9.17) is 4.74 Å². The van der Waals surface area contributed by atoms with Crippen molar-refractivity contribution in [2.24, 2.45) is 0 Å². The molecule has 0 saturated carbocycles. The molecule has 0 bridgehead atoms. The van der Waals surface area contributed by atoms with Crippen LogP contribution in [0.4, 0.5) is 4.79 Å². The summed E-state index contributed by atoms with van der Waals surface area (Å²) in [5.41, 5.74) is 1.08. The van der Waals surface area contributed by atoms with E-state index in [1.807, 2.05) is 24.3 Å². The van der Waals surface area contributed by atoms with Gasteiger partial charge >= 0.3 is 12.1 Å². The molecule has 8 nitrogen and oxygen atoms in total. The van der Waals surface area contributed by atoms with E-state index >= 15 is 0 Å². The van der Waals surface area contributed by atoms with Crippen LogP contribution in [0, 0.1) is 0 Å². The number of carbonyl (C=O) groups excluding carboxylic acids is 3. The third kappa shape index (κ3) is 5.73. The summed E-state index contributed by atoms with van der Waals surface area (Å²) in [5.74, 6) is -1.08. The van der Waals surface area contributed by atoms with Crippen LogP contribution in [0.1, 0.15) is 33.3 Å². The van der Waals surface area contributed by atoms with Crippen molar-refractivity contribution in [2.45, 2.75) is 51.8 Å². The van der Waals surface area contributed by atoms with E-state index in [-0.39, 0.29) is 6.42 Å². The van der Waals surface area contributed by atoms with Crippen LogP contribution >= 0.6 is 0 Å². The lowest BCUT2D eigenvalue weighted by Gasteiger charge is -2.24. The van der Waals surface area contributed by atoms with Gasteiger partial charge in [0.05, 0.1) is 7.11 Å². The third-order valence-electron chi connectivity index (χ3n) is 4.02. The highest BCUT2D eigenvalue weighted by atomic mass is 16.6. The number of aromatic nitrogens is 1. The highest BCUT2D eigenvalue weighted by molar-refractivity contribution is 5.91. The number of esters is 1. The van der Waals surface area contributed by atoms with Crippen LogP contribution < -0.4 is 10.6 Å². The lowest BCUT2D eigenvalue weighted by atomic mass is 10.0. The average molecular weight is 389 g/mol. The Labute approximate surface area is 164 Å². The highest BCUT2D eigenvalue weighted by Gasteiger charge is 2.28. The smallest absolute Gasteiger partial charge is 0.408 e. The number of carbonyl (C=O) groups is 3. The summed E-state index contributed by atoms with van der Waals surface area (Å²) in [7, 11) is 1.24. The first-order valence-electron chi connectivity index (χ1n) is 9.03. The molecule has 1 aromatic carbocycles. The van der Waals surface area contributed by atoms with E-state index in [1.54, 1.807) is 27.0 Å². The Morgan fingerprint density at radius 1 is 1.14 bits per heavy atom. The molecule has 0 fully saturated rings. The number of H-pyrrole nitrogens is 1. The number of para-hydroxylation sites is 1. The maximum atomic E-state index is 12.7. The maximum Gasteiger partial charge on any atom is 0.408 e. The minimum Gasteiger partial charge on any atom is -0.467 e. The molecule has 2 unspecified atom stereocenters. The maximum absolute atomic E-state index is 12.7. The van der Waals surface area contributed by atoms with Crippen molar-refractivity contribution in [1.82, 2.24) is 15.6 Å². The van der Waals surface area contributed by atoms with Gasteiger partial charge in [-0.25, -0.2) is 9.59 Å². The normalized spacial score (nSPS) is 13.5. The van der Waals surface area contributed by atoms with Gasteiger partial charge in [0.2, 0.25) is 5.91 Å². The SMILES string of the molecule is COC(=O)C(C)NC(=O)C(Cc1c[nH]c2ccccc12)NC(=O)OC(C)(C)C. The van der Waals surface area contributed by atoms with Gasteiger partial charge in [-0.05, 0) is 39.3 Å². The van der Waals surface area contributed by atoms with Gasteiger partial charge in [-0.15, -0.1) is 0 Å². The summed E-state index contributed by atoms with van der Waals surface area (Å²) < 4.78 is 9.90. The Bertz CT molecular complexity index is 853. The fraction of sp³-hybridized carbons (Fsp3) is 0.450. The molecule has 152 valence electrons. The molecular weight excluding hydrogens is 362 g/mol. The van der Waals surface area contributed by atoms with E-state index in [0.29, 0.717) is 0 Å². The first kappa shape index (κ1) is 21.3. The minimum absolute atomic E-state index is 0.225. The Kier molecular flexibility index (Phi) is 6.66. The summed E-state index contributed by atoms with van der Waals surface area (Å²) in [5, 5.41) is 6.12. The second-order valence-electron chi connectivity index (χ2n) is 7.52. The van der Waals surface area contributed by atoms with E-state index in [0.717, 1.165) is 16.5 Å². The van der Waals surface area contributed by atoms with Crippen molar-refractivity contribution >= 4 is 28.9 Å². The van der Waals surface area contributed by atoms with Gasteiger partial charge in [0, 0.05) is 23.5 Å². The minimum atomic E-state index is -0.929. The summed E-state index contributed by atoms with van der Waals surface area (Å²) in [6.07, 6.45) is 1.31. The molecule has 1 aromatic heterocycles. The molecule has 0 saturated heterocycles. The number of amides is 2. The van der Waals surface area contributed by atoms with Gasteiger partial charge < -0.3 is 25.1 Å². The number of benzene rings is 1. The number of alkyl carbamates (subject to hydrolysis) is 1. The van der Waals surface area contributed by atoms with Gasteiger partial charge in [-0.2, -0.15) is 0 Å².